The van der Waals surface area contributed by atoms with Gasteiger partial charge in [0.2, 0.25) is 17.7 Å². The molecule has 1 saturated heterocycles. The van der Waals surface area contributed by atoms with Crippen LogP contribution in [0.25, 0.3) is 0 Å². The highest BCUT2D eigenvalue weighted by molar-refractivity contribution is 5.97. The fourth-order valence-corrected chi connectivity index (χ4v) is 3.19. The Morgan fingerprint density at radius 3 is 2.37 bits per heavy atom. The smallest absolute Gasteiger partial charge is 0.231 e. The number of rotatable bonds is 5. The summed E-state index contributed by atoms with van der Waals surface area (Å²) in [4.78, 5) is 37.6. The van der Waals surface area contributed by atoms with Gasteiger partial charge in [-0.05, 0) is 43.5 Å². The Morgan fingerprint density at radius 1 is 1.07 bits per heavy atom. The maximum absolute atomic E-state index is 12.5. The van der Waals surface area contributed by atoms with E-state index in [1.54, 1.807) is 12.1 Å². The van der Waals surface area contributed by atoms with Crippen LogP contribution in [0, 0.1) is 6.92 Å². The summed E-state index contributed by atoms with van der Waals surface area (Å²) in [5.41, 5.74) is 3.66. The molecule has 0 bridgehead atoms. The maximum Gasteiger partial charge on any atom is 0.231 e. The molecule has 5 nitrogen and oxygen atoms in total. The number of hydrogen-bond donors (Lipinski definition) is 1. The minimum absolute atomic E-state index is 0.0743. The summed E-state index contributed by atoms with van der Waals surface area (Å²) >= 11 is 0. The van der Waals surface area contributed by atoms with Crippen molar-refractivity contribution in [3.63, 3.8) is 0 Å². The van der Waals surface area contributed by atoms with Gasteiger partial charge >= 0.3 is 0 Å². The summed E-state index contributed by atoms with van der Waals surface area (Å²) in [5.74, 6) is -0.561. The summed E-state index contributed by atoms with van der Waals surface area (Å²) in [6.45, 7) is 4.17. The predicted molar refractivity (Wildman–Crippen MR) is 104 cm³/mol. The number of likely N-dealkylation sites (tertiary alicyclic amines) is 1. The van der Waals surface area contributed by atoms with Crippen LogP contribution in [0.15, 0.2) is 48.5 Å². The van der Waals surface area contributed by atoms with Gasteiger partial charge in [-0.3, -0.25) is 19.3 Å². The van der Waals surface area contributed by atoms with E-state index < -0.39 is 0 Å². The molecule has 0 unspecified atom stereocenters. The Balaban J connectivity index is 1.62. The fourth-order valence-electron chi connectivity index (χ4n) is 3.19. The molecule has 0 radical (unpaired) electrons. The lowest BCUT2D eigenvalue weighted by atomic mass is 9.98. The fraction of sp³-hybridized carbons (Fsp3) is 0.318. The van der Waals surface area contributed by atoms with Crippen LogP contribution in [0.5, 0.6) is 0 Å². The second-order valence-electron chi connectivity index (χ2n) is 7.05. The lowest BCUT2D eigenvalue weighted by molar-refractivity contribution is -0.148. The van der Waals surface area contributed by atoms with E-state index in [0.29, 0.717) is 24.9 Å². The number of carbonyl (C=O) groups is 3. The Hall–Kier alpha value is -2.95. The van der Waals surface area contributed by atoms with Crippen molar-refractivity contribution in [1.82, 2.24) is 4.90 Å². The quantitative estimate of drug-likeness (QED) is 0.821. The molecule has 2 aromatic rings. The first kappa shape index (κ1) is 18.8. The van der Waals surface area contributed by atoms with E-state index in [4.69, 9.17) is 0 Å². The van der Waals surface area contributed by atoms with Gasteiger partial charge in [0.05, 0.1) is 12.5 Å². The van der Waals surface area contributed by atoms with Gasteiger partial charge in [0.1, 0.15) is 0 Å². The van der Waals surface area contributed by atoms with Gasteiger partial charge in [0.15, 0.2) is 0 Å². The summed E-state index contributed by atoms with van der Waals surface area (Å²) in [5, 5.41) is 2.92. The molecular weight excluding hydrogens is 340 g/mol. The van der Waals surface area contributed by atoms with Gasteiger partial charge in [-0.25, -0.2) is 0 Å². The number of aryl methyl sites for hydroxylation is 1. The van der Waals surface area contributed by atoms with Crippen LogP contribution in [0.2, 0.25) is 0 Å². The summed E-state index contributed by atoms with van der Waals surface area (Å²) < 4.78 is 0. The van der Waals surface area contributed by atoms with Crippen molar-refractivity contribution in [2.75, 3.05) is 5.32 Å². The molecule has 0 spiro atoms. The van der Waals surface area contributed by atoms with Crippen molar-refractivity contribution in [3.05, 3.63) is 65.2 Å². The van der Waals surface area contributed by atoms with Gasteiger partial charge < -0.3 is 5.32 Å². The molecule has 0 aromatic heterocycles. The van der Waals surface area contributed by atoms with Gasteiger partial charge in [0, 0.05) is 18.5 Å². The summed E-state index contributed by atoms with van der Waals surface area (Å²) in [7, 11) is 0. The van der Waals surface area contributed by atoms with E-state index in [9.17, 15) is 14.4 Å². The largest absolute Gasteiger partial charge is 0.326 e. The molecule has 1 fully saturated rings. The van der Waals surface area contributed by atoms with Crippen LogP contribution < -0.4 is 5.32 Å². The van der Waals surface area contributed by atoms with Crippen LogP contribution >= 0.6 is 0 Å². The van der Waals surface area contributed by atoms with Crippen LogP contribution in [0.3, 0.4) is 0 Å². The number of anilines is 1. The Kier molecular flexibility index (Phi) is 5.69. The summed E-state index contributed by atoms with van der Waals surface area (Å²) in [6.07, 6.45) is 1.49. The highest BCUT2D eigenvalue weighted by Crippen LogP contribution is 2.20. The van der Waals surface area contributed by atoms with Crippen molar-refractivity contribution < 1.29 is 14.4 Å². The molecule has 0 saturated carbocycles. The molecule has 5 heteroatoms. The Bertz CT molecular complexity index is 842. The zero-order chi connectivity index (χ0) is 19.4. The average molecular weight is 364 g/mol. The Labute approximate surface area is 159 Å². The number of nitrogens with one attached hydrogen (secondary N) is 1. The first-order chi connectivity index (χ1) is 12.9. The van der Waals surface area contributed by atoms with E-state index >= 15 is 0 Å². The molecule has 140 valence electrons. The number of benzene rings is 2. The normalized spacial score (nSPS) is 15.6. The maximum atomic E-state index is 12.5. The minimum atomic E-state index is -0.256. The molecule has 3 rings (SSSR count). The standard InChI is InChI=1S/C22H24N2O3/c1-15-5-3-6-18(13-15)16(2)22(27)23-19-11-9-17(10-12-19)14-24-20(25)7-4-8-21(24)26/h3,5-6,9-13,16H,4,7-8,14H2,1-2H3,(H,23,27)/t16-/m1/s1. The molecule has 27 heavy (non-hydrogen) atoms. The predicted octanol–water partition coefficient (Wildman–Crippen LogP) is 3.78. The number of nitrogens with zero attached hydrogens (tertiary/aromatic N) is 1. The van der Waals surface area contributed by atoms with E-state index in [0.717, 1.165) is 16.7 Å². The van der Waals surface area contributed by atoms with Crippen LogP contribution in [-0.2, 0) is 20.9 Å². The molecule has 3 amide bonds. The molecular formula is C22H24N2O3. The second-order valence-corrected chi connectivity index (χ2v) is 7.05. The monoisotopic (exact) mass is 364 g/mol. The van der Waals surface area contributed by atoms with Gasteiger partial charge in [-0.2, -0.15) is 0 Å². The molecule has 1 heterocycles. The zero-order valence-corrected chi connectivity index (χ0v) is 15.7. The van der Waals surface area contributed by atoms with Gasteiger partial charge in [-0.15, -0.1) is 0 Å². The number of carbonyl (C=O) groups excluding carboxylic acids is 3. The van der Waals surface area contributed by atoms with E-state index in [1.165, 1.54) is 4.90 Å². The lowest BCUT2D eigenvalue weighted by Gasteiger charge is -2.24. The summed E-state index contributed by atoms with van der Waals surface area (Å²) in [6, 6.07) is 15.2. The Morgan fingerprint density at radius 2 is 1.74 bits per heavy atom. The molecule has 1 atom stereocenters. The third-order valence-corrected chi connectivity index (χ3v) is 4.88. The highest BCUT2D eigenvalue weighted by atomic mass is 16.2. The molecule has 1 aliphatic rings. The molecule has 2 aromatic carbocycles. The van der Waals surface area contributed by atoms with Crippen LogP contribution in [0.4, 0.5) is 5.69 Å². The van der Waals surface area contributed by atoms with Crippen molar-refractivity contribution in [1.29, 1.82) is 0 Å². The van der Waals surface area contributed by atoms with Crippen molar-refractivity contribution in [2.24, 2.45) is 0 Å². The topological polar surface area (TPSA) is 66.5 Å². The van der Waals surface area contributed by atoms with Crippen molar-refractivity contribution in [2.45, 2.75) is 45.6 Å². The zero-order valence-electron chi connectivity index (χ0n) is 15.7. The number of amides is 3. The molecule has 0 aliphatic carbocycles. The number of hydrogen-bond acceptors (Lipinski definition) is 3. The van der Waals surface area contributed by atoms with Gasteiger partial charge in [-0.1, -0.05) is 42.0 Å². The first-order valence-corrected chi connectivity index (χ1v) is 9.23. The van der Waals surface area contributed by atoms with Crippen molar-refractivity contribution in [3.8, 4) is 0 Å². The van der Waals surface area contributed by atoms with Crippen LogP contribution in [-0.4, -0.2) is 22.6 Å². The molecule has 1 N–H and O–H groups in total. The minimum Gasteiger partial charge on any atom is -0.326 e. The van der Waals surface area contributed by atoms with Crippen molar-refractivity contribution >= 4 is 23.4 Å². The van der Waals surface area contributed by atoms with E-state index in [-0.39, 0.29) is 30.2 Å². The third-order valence-electron chi connectivity index (χ3n) is 4.88. The highest BCUT2D eigenvalue weighted by Gasteiger charge is 2.25. The number of piperidine rings is 1. The average Bonchev–Trinajstić information content (AvgIpc) is 2.65. The molecule has 1 aliphatic heterocycles. The SMILES string of the molecule is Cc1cccc([C@@H](C)C(=O)Nc2ccc(CN3C(=O)CCCC3=O)cc2)c1. The number of imide groups is 1. The van der Waals surface area contributed by atoms with Gasteiger partial charge in [0.25, 0.3) is 0 Å². The third kappa shape index (κ3) is 4.61. The van der Waals surface area contributed by atoms with Crippen LogP contribution in [0.1, 0.15) is 48.8 Å². The van der Waals surface area contributed by atoms with E-state index in [1.807, 2.05) is 50.2 Å². The first-order valence-electron chi connectivity index (χ1n) is 9.23. The lowest BCUT2D eigenvalue weighted by Crippen LogP contribution is -2.39. The van der Waals surface area contributed by atoms with E-state index in [2.05, 4.69) is 5.32 Å². The second kappa shape index (κ2) is 8.16.